The van der Waals surface area contributed by atoms with Gasteiger partial charge in [-0.25, -0.2) is 8.42 Å². The van der Waals surface area contributed by atoms with Crippen LogP contribution in [-0.2, 0) is 14.8 Å². The van der Waals surface area contributed by atoms with Crippen LogP contribution in [0.1, 0.15) is 39.2 Å². The number of allylic oxidation sites excluding steroid dienone is 1. The predicted octanol–water partition coefficient (Wildman–Crippen LogP) is 3.44. The van der Waals surface area contributed by atoms with Crippen LogP contribution in [0.2, 0.25) is 0 Å². The Hall–Kier alpha value is -1.82. The summed E-state index contributed by atoms with van der Waals surface area (Å²) in [6.07, 6.45) is 3.18. The molecule has 5 nitrogen and oxygen atoms in total. The molecule has 0 atom stereocenters. The van der Waals surface area contributed by atoms with Crippen LogP contribution in [-0.4, -0.2) is 20.1 Å². The van der Waals surface area contributed by atoms with Gasteiger partial charge in [0.1, 0.15) is 0 Å². The molecule has 0 unspecified atom stereocenters. The van der Waals surface area contributed by atoms with Gasteiger partial charge in [0, 0.05) is 11.3 Å². The minimum absolute atomic E-state index is 0.0708. The minimum Gasteiger partial charge on any atom is -0.322 e. The highest BCUT2D eigenvalue weighted by Crippen LogP contribution is 2.24. The maximum Gasteiger partial charge on any atom is 0.250 e. The summed E-state index contributed by atoms with van der Waals surface area (Å²) in [5.41, 5.74) is 2.42. The molecule has 122 valence electrons. The Morgan fingerprint density at radius 1 is 1.23 bits per heavy atom. The van der Waals surface area contributed by atoms with Crippen LogP contribution in [0.25, 0.3) is 0 Å². The molecule has 0 aliphatic rings. The van der Waals surface area contributed by atoms with Crippen molar-refractivity contribution in [3.05, 3.63) is 35.4 Å². The van der Waals surface area contributed by atoms with Crippen LogP contribution in [0.15, 0.2) is 29.8 Å². The fourth-order valence-corrected chi connectivity index (χ4v) is 3.18. The van der Waals surface area contributed by atoms with E-state index < -0.39 is 10.0 Å². The Labute approximate surface area is 132 Å². The van der Waals surface area contributed by atoms with Gasteiger partial charge in [0.25, 0.3) is 5.91 Å². The van der Waals surface area contributed by atoms with E-state index in [-0.39, 0.29) is 11.7 Å². The third kappa shape index (κ3) is 5.18. The van der Waals surface area contributed by atoms with Crippen molar-refractivity contribution in [2.24, 2.45) is 0 Å². The number of carbonyl (C=O) groups excluding carboxylic acids is 1. The maximum atomic E-state index is 12.0. The van der Waals surface area contributed by atoms with Crippen molar-refractivity contribution in [1.82, 2.24) is 0 Å². The van der Waals surface area contributed by atoms with E-state index in [2.05, 4.69) is 10.0 Å². The quantitative estimate of drug-likeness (QED) is 0.754. The molecule has 0 fully saturated rings. The second kappa shape index (κ2) is 7.98. The van der Waals surface area contributed by atoms with E-state index in [0.29, 0.717) is 28.9 Å². The van der Waals surface area contributed by atoms with E-state index in [1.807, 2.05) is 19.9 Å². The number of hydrogen-bond acceptors (Lipinski definition) is 3. The van der Waals surface area contributed by atoms with Crippen molar-refractivity contribution < 1.29 is 13.2 Å². The molecule has 1 aromatic carbocycles. The lowest BCUT2D eigenvalue weighted by atomic mass is 10.1. The summed E-state index contributed by atoms with van der Waals surface area (Å²) in [6, 6.07) is 5.16. The smallest absolute Gasteiger partial charge is 0.250 e. The van der Waals surface area contributed by atoms with Crippen molar-refractivity contribution in [3.63, 3.8) is 0 Å². The summed E-state index contributed by atoms with van der Waals surface area (Å²) in [5.74, 6) is -0.111. The van der Waals surface area contributed by atoms with Gasteiger partial charge in [-0.2, -0.15) is 0 Å². The van der Waals surface area contributed by atoms with Gasteiger partial charge in [-0.3, -0.25) is 9.52 Å². The van der Waals surface area contributed by atoms with Crippen molar-refractivity contribution in [3.8, 4) is 0 Å². The van der Waals surface area contributed by atoms with Gasteiger partial charge in [0.15, 0.2) is 0 Å². The molecular weight excluding hydrogens is 300 g/mol. The van der Waals surface area contributed by atoms with Crippen LogP contribution < -0.4 is 10.0 Å². The summed E-state index contributed by atoms with van der Waals surface area (Å²) in [6.45, 7) is 7.30. The number of carbonyl (C=O) groups is 1. The fraction of sp³-hybridized carbons (Fsp3) is 0.438. The largest absolute Gasteiger partial charge is 0.322 e. The average Bonchev–Trinajstić information content (AvgIpc) is 2.43. The molecule has 0 heterocycles. The van der Waals surface area contributed by atoms with Crippen LogP contribution in [0.5, 0.6) is 0 Å². The first-order chi connectivity index (χ1) is 10.3. The second-order valence-electron chi connectivity index (χ2n) is 5.15. The van der Waals surface area contributed by atoms with Gasteiger partial charge in [0.05, 0.1) is 11.4 Å². The Bertz CT molecular complexity index is 664. The average molecular weight is 324 g/mol. The SMILES string of the molecule is CCC=C(C)C(=O)Nc1cccc(NS(=O)(=O)CCC)c1C. The molecule has 0 aliphatic heterocycles. The molecule has 0 spiro atoms. The van der Waals surface area contributed by atoms with E-state index in [1.165, 1.54) is 0 Å². The third-order valence-corrected chi connectivity index (χ3v) is 4.67. The van der Waals surface area contributed by atoms with Crippen molar-refractivity contribution >= 4 is 27.3 Å². The molecule has 1 amide bonds. The number of benzene rings is 1. The van der Waals surface area contributed by atoms with E-state index >= 15 is 0 Å². The lowest BCUT2D eigenvalue weighted by Crippen LogP contribution is -2.18. The summed E-state index contributed by atoms with van der Waals surface area (Å²) >= 11 is 0. The first kappa shape index (κ1) is 18.2. The fourth-order valence-electron chi connectivity index (χ4n) is 1.99. The van der Waals surface area contributed by atoms with Gasteiger partial charge >= 0.3 is 0 Å². The van der Waals surface area contributed by atoms with Crippen LogP contribution >= 0.6 is 0 Å². The van der Waals surface area contributed by atoms with E-state index in [9.17, 15) is 13.2 Å². The molecule has 2 N–H and O–H groups in total. The predicted molar refractivity (Wildman–Crippen MR) is 91.6 cm³/mol. The van der Waals surface area contributed by atoms with Crippen molar-refractivity contribution in [2.75, 3.05) is 15.8 Å². The Balaban J connectivity index is 2.99. The molecule has 0 saturated heterocycles. The van der Waals surface area contributed by atoms with E-state index in [4.69, 9.17) is 0 Å². The summed E-state index contributed by atoms with van der Waals surface area (Å²) in [7, 11) is -3.35. The standard InChI is InChI=1S/C16H24N2O3S/c1-5-8-12(3)16(19)17-14-9-7-10-15(13(14)4)18-22(20,21)11-6-2/h7-10,18H,5-6,11H2,1-4H3,(H,17,19). The molecule has 0 saturated carbocycles. The molecule has 0 bridgehead atoms. The number of amides is 1. The Morgan fingerprint density at radius 2 is 1.86 bits per heavy atom. The Morgan fingerprint density at radius 3 is 2.45 bits per heavy atom. The van der Waals surface area contributed by atoms with Gasteiger partial charge in [-0.1, -0.05) is 26.0 Å². The maximum absolute atomic E-state index is 12.0. The number of anilines is 2. The highest BCUT2D eigenvalue weighted by atomic mass is 32.2. The number of sulfonamides is 1. The number of hydrogen-bond donors (Lipinski definition) is 2. The molecule has 6 heteroatoms. The first-order valence-electron chi connectivity index (χ1n) is 7.39. The lowest BCUT2D eigenvalue weighted by molar-refractivity contribution is -0.112. The zero-order valence-corrected chi connectivity index (χ0v) is 14.4. The van der Waals surface area contributed by atoms with Gasteiger partial charge in [0.2, 0.25) is 10.0 Å². The van der Waals surface area contributed by atoms with Crippen LogP contribution in [0, 0.1) is 6.92 Å². The monoisotopic (exact) mass is 324 g/mol. The first-order valence-corrected chi connectivity index (χ1v) is 9.04. The van der Waals surface area contributed by atoms with Gasteiger partial charge in [-0.15, -0.1) is 0 Å². The third-order valence-electron chi connectivity index (χ3n) is 3.19. The lowest BCUT2D eigenvalue weighted by Gasteiger charge is -2.14. The normalized spacial score (nSPS) is 12.1. The molecular formula is C16H24N2O3S. The molecule has 1 aromatic rings. The number of nitrogens with one attached hydrogen (secondary N) is 2. The summed E-state index contributed by atoms with van der Waals surface area (Å²) in [5, 5.41) is 2.81. The Kier molecular flexibility index (Phi) is 6.61. The van der Waals surface area contributed by atoms with Crippen LogP contribution in [0.3, 0.4) is 0 Å². The molecule has 0 aliphatic carbocycles. The highest BCUT2D eigenvalue weighted by Gasteiger charge is 2.13. The van der Waals surface area contributed by atoms with Crippen molar-refractivity contribution in [2.45, 2.75) is 40.5 Å². The number of rotatable bonds is 7. The molecule has 0 radical (unpaired) electrons. The van der Waals surface area contributed by atoms with E-state index in [1.54, 1.807) is 32.0 Å². The van der Waals surface area contributed by atoms with Crippen molar-refractivity contribution in [1.29, 1.82) is 0 Å². The minimum atomic E-state index is -3.35. The van der Waals surface area contributed by atoms with Gasteiger partial charge < -0.3 is 5.32 Å². The highest BCUT2D eigenvalue weighted by molar-refractivity contribution is 7.92. The topological polar surface area (TPSA) is 75.3 Å². The molecule has 22 heavy (non-hydrogen) atoms. The molecule has 1 rings (SSSR count). The zero-order chi connectivity index (χ0) is 16.8. The zero-order valence-electron chi connectivity index (χ0n) is 13.6. The summed E-state index contributed by atoms with van der Waals surface area (Å²) < 4.78 is 26.3. The molecule has 0 aromatic heterocycles. The summed E-state index contributed by atoms with van der Waals surface area (Å²) in [4.78, 5) is 12.0. The van der Waals surface area contributed by atoms with Gasteiger partial charge in [-0.05, 0) is 44.4 Å². The second-order valence-corrected chi connectivity index (χ2v) is 6.99. The van der Waals surface area contributed by atoms with Crippen LogP contribution in [0.4, 0.5) is 11.4 Å². The van der Waals surface area contributed by atoms with E-state index in [0.717, 1.165) is 6.42 Å².